The number of carbonyl (C=O) groups excluding carboxylic acids is 10. The van der Waals surface area contributed by atoms with Crippen molar-refractivity contribution in [3.8, 4) is 0 Å². The number of nitrogens with one attached hydrogen (secondary N) is 9. The Balaban J connectivity index is 1.64. The van der Waals surface area contributed by atoms with E-state index < -0.39 is 95.3 Å². The lowest BCUT2D eigenvalue weighted by atomic mass is 10.0. The molecule has 11 N–H and O–H groups in total. The average molecular weight is 1110 g/mol. The molecule has 3 aromatic heterocycles. The van der Waals surface area contributed by atoms with E-state index in [2.05, 4.69) is 61.8 Å². The molecule has 2 bridgehead atoms. The third-order valence-electron chi connectivity index (χ3n) is 13.4. The van der Waals surface area contributed by atoms with Crippen LogP contribution in [-0.2, 0) is 75.5 Å². The SMILES string of the molecule is CC(=O)N[C@H](C(=O)N[C@@H](Cc1cnc[nH]1)C(=O)N1CCCN(C(=O)[C@H](Cc2cnc[nH]2)NC(=O)[C@@H](NC(C)=O)C(C)C)Cc2cc(cc(C(N)=O)c2)CN(C(=O)[C@H](Cc2cnc[nH]2)NC(=O)[C@@H](NC(C)=O)C(C)C)CCC1)C(C)C. The Hall–Kier alpha value is -8.45. The lowest BCUT2D eigenvalue weighted by Gasteiger charge is -2.34. The van der Waals surface area contributed by atoms with Gasteiger partial charge in [0.15, 0.2) is 0 Å². The van der Waals surface area contributed by atoms with Gasteiger partial charge >= 0.3 is 0 Å². The summed E-state index contributed by atoms with van der Waals surface area (Å²) in [6.45, 7) is 14.0. The summed E-state index contributed by atoms with van der Waals surface area (Å²) in [5, 5.41) is 16.6. The van der Waals surface area contributed by atoms with Crippen molar-refractivity contribution in [3.63, 3.8) is 0 Å². The van der Waals surface area contributed by atoms with Crippen LogP contribution in [0.4, 0.5) is 0 Å². The predicted octanol–water partition coefficient (Wildman–Crippen LogP) is -0.101. The largest absolute Gasteiger partial charge is 0.366 e. The van der Waals surface area contributed by atoms with Gasteiger partial charge in [-0.1, -0.05) is 47.6 Å². The van der Waals surface area contributed by atoms with Gasteiger partial charge < -0.3 is 67.3 Å². The molecule has 0 saturated carbocycles. The molecule has 434 valence electrons. The Kier molecular flexibility index (Phi) is 23.0. The normalized spacial score (nSPS) is 15.6. The highest BCUT2D eigenvalue weighted by Gasteiger charge is 2.36. The zero-order valence-electron chi connectivity index (χ0n) is 47.0. The summed E-state index contributed by atoms with van der Waals surface area (Å²) < 4.78 is 0. The zero-order valence-corrected chi connectivity index (χ0v) is 47.0. The molecule has 80 heavy (non-hydrogen) atoms. The van der Waals surface area contributed by atoms with E-state index in [4.69, 9.17) is 5.73 Å². The number of imidazole rings is 3. The highest BCUT2D eigenvalue weighted by atomic mass is 16.2. The number of primary amides is 1. The zero-order chi connectivity index (χ0) is 58.8. The van der Waals surface area contributed by atoms with E-state index in [1.807, 2.05) is 0 Å². The maximum absolute atomic E-state index is 15.2. The maximum Gasteiger partial charge on any atom is 0.248 e. The van der Waals surface area contributed by atoms with Crippen LogP contribution >= 0.6 is 0 Å². The van der Waals surface area contributed by atoms with Crippen LogP contribution in [-0.4, -0.2) is 166 Å². The highest BCUT2D eigenvalue weighted by molar-refractivity contribution is 5.95. The molecule has 0 aliphatic carbocycles. The summed E-state index contributed by atoms with van der Waals surface area (Å²) in [7, 11) is 0. The van der Waals surface area contributed by atoms with Crippen molar-refractivity contribution in [2.24, 2.45) is 23.5 Å². The number of rotatable bonds is 22. The molecule has 5 rings (SSSR count). The molecule has 1 aliphatic rings. The predicted molar refractivity (Wildman–Crippen MR) is 292 cm³/mol. The van der Waals surface area contributed by atoms with Crippen LogP contribution in [0.2, 0.25) is 0 Å². The number of hydrogen-bond donors (Lipinski definition) is 10. The fourth-order valence-electron chi connectivity index (χ4n) is 9.46. The molecule has 0 saturated heterocycles. The van der Waals surface area contributed by atoms with Gasteiger partial charge in [0.1, 0.15) is 36.3 Å². The Bertz CT molecular complexity index is 2630. The minimum Gasteiger partial charge on any atom is -0.366 e. The number of H-pyrrole nitrogens is 3. The van der Waals surface area contributed by atoms with Gasteiger partial charge in [-0.05, 0) is 53.9 Å². The van der Waals surface area contributed by atoms with Gasteiger partial charge in [-0.15, -0.1) is 0 Å². The molecule has 6 atom stereocenters. The molecule has 0 spiro atoms. The van der Waals surface area contributed by atoms with Gasteiger partial charge in [0.2, 0.25) is 59.1 Å². The van der Waals surface area contributed by atoms with Crippen LogP contribution < -0.4 is 37.6 Å². The summed E-state index contributed by atoms with van der Waals surface area (Å²) in [6, 6.07) is -1.92. The quantitative estimate of drug-likeness (QED) is 0.0492. The minimum atomic E-state index is -1.24. The van der Waals surface area contributed by atoms with Crippen molar-refractivity contribution in [2.75, 3.05) is 26.2 Å². The fraction of sp³-hybridized carbons (Fsp3) is 0.537. The first-order chi connectivity index (χ1) is 37.9. The van der Waals surface area contributed by atoms with Gasteiger partial charge in [-0.25, -0.2) is 15.0 Å². The monoisotopic (exact) mass is 1110 g/mol. The van der Waals surface area contributed by atoms with Gasteiger partial charge in [-0.3, -0.25) is 47.9 Å². The van der Waals surface area contributed by atoms with E-state index in [-0.39, 0.29) is 94.7 Å². The van der Waals surface area contributed by atoms with Gasteiger partial charge in [0.25, 0.3) is 0 Å². The van der Waals surface area contributed by atoms with E-state index >= 15 is 14.4 Å². The van der Waals surface area contributed by atoms with Crippen molar-refractivity contribution in [1.82, 2.24) is 76.5 Å². The van der Waals surface area contributed by atoms with Crippen molar-refractivity contribution < 1.29 is 47.9 Å². The number of hydrogen-bond acceptors (Lipinski definition) is 13. The second-order valence-corrected chi connectivity index (χ2v) is 21.2. The molecular formula is C54H78N16O10. The Morgan fingerprint density at radius 2 is 0.775 bits per heavy atom. The smallest absolute Gasteiger partial charge is 0.248 e. The summed E-state index contributed by atoms with van der Waals surface area (Å²) in [5.41, 5.74) is 8.39. The van der Waals surface area contributed by atoms with E-state index in [1.54, 1.807) is 47.6 Å². The van der Waals surface area contributed by atoms with Crippen molar-refractivity contribution in [3.05, 3.63) is 89.5 Å². The topological polar surface area (TPSA) is 365 Å². The fourth-order valence-corrected chi connectivity index (χ4v) is 9.46. The van der Waals surface area contributed by atoms with Gasteiger partial charge in [-0.2, -0.15) is 0 Å². The Morgan fingerprint density at radius 1 is 0.475 bits per heavy atom. The first-order valence-electron chi connectivity index (χ1n) is 26.8. The van der Waals surface area contributed by atoms with Gasteiger partial charge in [0, 0.05) is 121 Å². The minimum absolute atomic E-state index is 0.00837. The Labute approximate surface area is 465 Å². The van der Waals surface area contributed by atoms with Gasteiger partial charge in [0.05, 0.1) is 19.0 Å². The first-order valence-corrected chi connectivity index (χ1v) is 26.8. The van der Waals surface area contributed by atoms with Crippen LogP contribution in [0.1, 0.15) is 114 Å². The molecule has 10 amide bonds. The van der Waals surface area contributed by atoms with Crippen LogP contribution in [0.25, 0.3) is 0 Å². The molecule has 0 radical (unpaired) electrons. The second kappa shape index (κ2) is 29.5. The van der Waals surface area contributed by atoms with Crippen molar-refractivity contribution >= 4 is 59.1 Å². The first kappa shape index (κ1) is 62.4. The van der Waals surface area contributed by atoms with Crippen LogP contribution in [0.15, 0.2) is 55.8 Å². The number of carbonyl (C=O) groups is 10. The van der Waals surface area contributed by atoms with E-state index in [0.29, 0.717) is 28.2 Å². The standard InChI is InChI=1S/C54H78N16O10/c1-30(2)45(62-33(7)71)49(75)65-42(19-39-22-56-27-59-39)52(78)68-12-10-14-69(53(79)43(20-40-23-57-28-60-40)66-50(76)46(31(3)4)63-34(8)72)25-36-16-37(18-38(17-36)48(55)74)26-70(15-11-13-68)54(80)44(21-41-24-58-29-61-41)67-51(77)47(32(5)6)64-35(9)73/h16-18,22-24,27-32,42-47H,10-15,19-21,25-26H2,1-9H3,(H2,55,74)(H,56,59)(H,57,60)(H,58,61)(H,62,71)(H,63,72)(H,64,73)(H,65,75)(H,66,76)(H,67,77)/t42-,43-,44-,45-,46-,47-/m0/s1. The summed E-state index contributed by atoms with van der Waals surface area (Å²) in [5.74, 6) is -6.75. The third-order valence-corrected chi connectivity index (χ3v) is 13.4. The van der Waals surface area contributed by atoms with Crippen molar-refractivity contribution in [1.29, 1.82) is 0 Å². The average Bonchev–Trinajstić information content (AvgIpc) is 4.25. The Morgan fingerprint density at radius 3 is 1.04 bits per heavy atom. The molecule has 26 nitrogen and oxygen atoms in total. The molecule has 1 aliphatic heterocycles. The molecule has 1 aromatic carbocycles. The van der Waals surface area contributed by atoms with Crippen LogP contribution in [0.3, 0.4) is 0 Å². The molecular weight excluding hydrogens is 1030 g/mol. The van der Waals surface area contributed by atoms with E-state index in [1.165, 1.54) is 85.2 Å². The van der Waals surface area contributed by atoms with E-state index in [0.717, 1.165) is 0 Å². The lowest BCUT2D eigenvalue weighted by Crippen LogP contribution is -2.57. The summed E-state index contributed by atoms with van der Waals surface area (Å²) >= 11 is 0. The lowest BCUT2D eigenvalue weighted by molar-refractivity contribution is -0.139. The molecule has 0 fully saturated rings. The van der Waals surface area contributed by atoms with E-state index in [9.17, 15) is 33.6 Å². The third kappa shape index (κ3) is 18.6. The number of benzene rings is 1. The number of aromatic amines is 3. The number of nitrogens with two attached hydrogens (primary N) is 1. The maximum atomic E-state index is 15.2. The summed E-state index contributed by atoms with van der Waals surface area (Å²) in [4.78, 5) is 163. The number of fused-ring (bicyclic) bond motifs is 2. The number of nitrogens with zero attached hydrogens (tertiary/aromatic N) is 6. The number of amides is 10. The summed E-state index contributed by atoms with van der Waals surface area (Å²) in [6.07, 6.45) is 8.95. The highest BCUT2D eigenvalue weighted by Crippen LogP contribution is 2.20. The molecule has 26 heteroatoms. The molecule has 4 aromatic rings. The van der Waals surface area contributed by atoms with Crippen LogP contribution in [0, 0.1) is 17.8 Å². The molecule has 0 unspecified atom stereocenters. The second-order valence-electron chi connectivity index (χ2n) is 21.2. The number of aromatic nitrogens is 6. The van der Waals surface area contributed by atoms with Crippen molar-refractivity contribution in [2.45, 2.75) is 144 Å². The molecule has 4 heterocycles. The van der Waals surface area contributed by atoms with Crippen LogP contribution in [0.5, 0.6) is 0 Å².